The fourth-order valence-corrected chi connectivity index (χ4v) is 4.86. The van der Waals surface area contributed by atoms with Crippen LogP contribution in [0.1, 0.15) is 19.3 Å². The summed E-state index contributed by atoms with van der Waals surface area (Å²) in [5.74, 6) is 1.34. The Labute approximate surface area is 192 Å². The third-order valence-electron chi connectivity index (χ3n) is 6.11. The molecule has 33 heavy (non-hydrogen) atoms. The third-order valence-corrected chi connectivity index (χ3v) is 7.32. The molecule has 3 heterocycles. The number of hydrogen-bond donors (Lipinski definition) is 2. The van der Waals surface area contributed by atoms with Crippen LogP contribution in [0.3, 0.4) is 0 Å². The van der Waals surface area contributed by atoms with Crippen molar-refractivity contribution in [1.29, 1.82) is 0 Å². The van der Waals surface area contributed by atoms with E-state index in [0.29, 0.717) is 12.4 Å². The van der Waals surface area contributed by atoms with Crippen molar-refractivity contribution < 1.29 is 18.3 Å². The van der Waals surface area contributed by atoms with Crippen molar-refractivity contribution in [2.24, 2.45) is 0 Å². The molecule has 1 atom stereocenters. The molecule has 2 aromatic heterocycles. The first kappa shape index (κ1) is 22.0. The highest BCUT2D eigenvalue weighted by Gasteiger charge is 2.18. The molecule has 0 amide bonds. The Balaban J connectivity index is 1.35. The fourth-order valence-electron chi connectivity index (χ4n) is 4.29. The van der Waals surface area contributed by atoms with Gasteiger partial charge in [-0.15, -0.1) is 0 Å². The summed E-state index contributed by atoms with van der Waals surface area (Å²) < 4.78 is 28.7. The number of aromatic nitrogens is 3. The Kier molecular flexibility index (Phi) is 6.15. The van der Waals surface area contributed by atoms with Gasteiger partial charge in [0.15, 0.2) is 0 Å². The second-order valence-corrected chi connectivity index (χ2v) is 10.6. The van der Waals surface area contributed by atoms with Gasteiger partial charge in [0.2, 0.25) is 0 Å². The molecule has 2 N–H and O–H groups in total. The Morgan fingerprint density at radius 3 is 2.64 bits per heavy atom. The molecule has 0 spiro atoms. The van der Waals surface area contributed by atoms with Crippen LogP contribution in [0, 0.1) is 0 Å². The largest absolute Gasteiger partial charge is 0.492 e. The van der Waals surface area contributed by atoms with Crippen LogP contribution < -0.4 is 9.26 Å². The standard InChI is InChI=1S/C24H29N4O4P/c1-30-33(2,29)32-19-7-9-22-20(16-19)24(27-26-22)23-15-17-14-18(6-8-21(17)25-23)31-13-12-28-10-4-3-5-11-28/h6-9,14-16,25H,3-5,10-13H2,1-2H3,(H,26,27). The zero-order valence-corrected chi connectivity index (χ0v) is 19.9. The average Bonchev–Trinajstić information content (AvgIpc) is 3.43. The van der Waals surface area contributed by atoms with Gasteiger partial charge < -0.3 is 18.8 Å². The number of nitrogens with one attached hydrogen (secondary N) is 2. The summed E-state index contributed by atoms with van der Waals surface area (Å²) in [5, 5.41) is 9.47. The van der Waals surface area contributed by atoms with E-state index in [1.54, 1.807) is 6.07 Å². The highest BCUT2D eigenvalue weighted by atomic mass is 31.2. The lowest BCUT2D eigenvalue weighted by molar-refractivity contribution is 0.183. The number of piperidine rings is 1. The van der Waals surface area contributed by atoms with Crippen LogP contribution in [0.15, 0.2) is 42.5 Å². The summed E-state index contributed by atoms with van der Waals surface area (Å²) in [5.41, 5.74) is 3.52. The summed E-state index contributed by atoms with van der Waals surface area (Å²) in [4.78, 5) is 5.91. The molecule has 2 aromatic carbocycles. The first-order valence-electron chi connectivity index (χ1n) is 11.3. The molecule has 0 saturated carbocycles. The lowest BCUT2D eigenvalue weighted by atomic mass is 10.1. The van der Waals surface area contributed by atoms with Gasteiger partial charge in [0.1, 0.15) is 23.8 Å². The third kappa shape index (κ3) is 4.93. The van der Waals surface area contributed by atoms with E-state index in [1.165, 1.54) is 46.1 Å². The second-order valence-electron chi connectivity index (χ2n) is 8.51. The quantitative estimate of drug-likeness (QED) is 0.335. The maximum absolute atomic E-state index is 12.2. The first-order chi connectivity index (χ1) is 16.0. The molecule has 0 radical (unpaired) electrons. The van der Waals surface area contributed by atoms with E-state index in [2.05, 4.69) is 32.2 Å². The van der Waals surface area contributed by atoms with E-state index in [-0.39, 0.29) is 0 Å². The number of H-pyrrole nitrogens is 2. The van der Waals surface area contributed by atoms with Crippen molar-refractivity contribution in [1.82, 2.24) is 20.1 Å². The normalized spacial score (nSPS) is 16.8. The predicted octanol–water partition coefficient (Wildman–Crippen LogP) is 5.42. The Morgan fingerprint density at radius 2 is 1.82 bits per heavy atom. The topological polar surface area (TPSA) is 92.5 Å². The fraction of sp³-hybridized carbons (Fsp3) is 0.375. The minimum absolute atomic E-state index is 0.471. The molecule has 8 nitrogen and oxygen atoms in total. The molecular formula is C24H29N4O4P. The van der Waals surface area contributed by atoms with E-state index in [1.807, 2.05) is 24.3 Å². The van der Waals surface area contributed by atoms with Gasteiger partial charge in [-0.1, -0.05) is 6.42 Å². The van der Waals surface area contributed by atoms with Gasteiger partial charge in [-0.05, 0) is 68.4 Å². The maximum Gasteiger partial charge on any atom is 0.375 e. The number of hydrogen-bond acceptors (Lipinski definition) is 6. The highest BCUT2D eigenvalue weighted by molar-refractivity contribution is 7.53. The molecule has 174 valence electrons. The summed E-state index contributed by atoms with van der Waals surface area (Å²) in [6.45, 7) is 5.45. The van der Waals surface area contributed by atoms with Crippen molar-refractivity contribution in [2.45, 2.75) is 19.3 Å². The van der Waals surface area contributed by atoms with E-state index in [0.717, 1.165) is 45.5 Å². The molecule has 9 heteroatoms. The Morgan fingerprint density at radius 1 is 1.03 bits per heavy atom. The van der Waals surface area contributed by atoms with E-state index in [9.17, 15) is 4.57 Å². The summed E-state index contributed by atoms with van der Waals surface area (Å²) in [6, 6.07) is 13.6. The van der Waals surface area contributed by atoms with Gasteiger partial charge in [-0.3, -0.25) is 10.00 Å². The van der Waals surface area contributed by atoms with Crippen molar-refractivity contribution in [2.75, 3.05) is 40.0 Å². The molecule has 4 aromatic rings. The minimum atomic E-state index is -3.14. The molecule has 5 rings (SSSR count). The number of fused-ring (bicyclic) bond motifs is 2. The number of ether oxygens (including phenoxy) is 1. The average molecular weight is 468 g/mol. The second kappa shape index (κ2) is 9.21. The van der Waals surface area contributed by atoms with E-state index in [4.69, 9.17) is 13.8 Å². The SMILES string of the molecule is COP(C)(=O)Oc1ccc2[nH]nc(-c3cc4cc(OCCN5CCCCC5)ccc4[nH]3)c2c1. The molecule has 1 aliphatic rings. The van der Waals surface area contributed by atoms with Crippen molar-refractivity contribution in [3.8, 4) is 22.9 Å². The van der Waals surface area contributed by atoms with Gasteiger partial charge in [0.25, 0.3) is 0 Å². The molecule has 0 bridgehead atoms. The molecule has 1 unspecified atom stereocenters. The highest BCUT2D eigenvalue weighted by Crippen LogP contribution is 2.44. The molecule has 1 fully saturated rings. The zero-order chi connectivity index (χ0) is 22.8. The summed E-state index contributed by atoms with van der Waals surface area (Å²) in [7, 11) is -1.77. The monoisotopic (exact) mass is 468 g/mol. The zero-order valence-electron chi connectivity index (χ0n) is 19.0. The molecule has 1 saturated heterocycles. The molecule has 0 aliphatic carbocycles. The first-order valence-corrected chi connectivity index (χ1v) is 13.3. The molecular weight excluding hydrogens is 439 g/mol. The van der Waals surface area contributed by atoms with Crippen molar-refractivity contribution in [3.05, 3.63) is 42.5 Å². The van der Waals surface area contributed by atoms with Crippen molar-refractivity contribution >= 4 is 29.4 Å². The lowest BCUT2D eigenvalue weighted by Gasteiger charge is -2.26. The van der Waals surface area contributed by atoms with Crippen LogP contribution in [0.25, 0.3) is 33.2 Å². The van der Waals surface area contributed by atoms with Gasteiger partial charge in [-0.25, -0.2) is 4.57 Å². The number of benzene rings is 2. The summed E-state index contributed by atoms with van der Waals surface area (Å²) >= 11 is 0. The predicted molar refractivity (Wildman–Crippen MR) is 130 cm³/mol. The van der Waals surface area contributed by atoms with Crippen molar-refractivity contribution in [3.63, 3.8) is 0 Å². The Hall–Kier alpha value is -2.80. The number of nitrogens with zero attached hydrogens (tertiary/aromatic N) is 2. The van der Waals surface area contributed by atoms with Crippen LogP contribution in [0.4, 0.5) is 0 Å². The van der Waals surface area contributed by atoms with Crippen LogP contribution in [0.5, 0.6) is 11.5 Å². The number of aromatic amines is 2. The van der Waals surface area contributed by atoms with Crippen LogP contribution >= 0.6 is 7.60 Å². The minimum Gasteiger partial charge on any atom is -0.492 e. The molecule has 1 aliphatic heterocycles. The van der Waals surface area contributed by atoms with Crippen LogP contribution in [-0.4, -0.2) is 60.1 Å². The number of likely N-dealkylation sites (tertiary alicyclic amines) is 1. The van der Waals surface area contributed by atoms with Gasteiger partial charge >= 0.3 is 7.60 Å². The lowest BCUT2D eigenvalue weighted by Crippen LogP contribution is -2.33. The van der Waals surface area contributed by atoms with Gasteiger partial charge in [0, 0.05) is 36.6 Å². The van der Waals surface area contributed by atoms with E-state index < -0.39 is 7.60 Å². The van der Waals surface area contributed by atoms with Crippen LogP contribution in [0.2, 0.25) is 0 Å². The smallest absolute Gasteiger partial charge is 0.375 e. The van der Waals surface area contributed by atoms with E-state index >= 15 is 0 Å². The Bertz CT molecular complexity index is 1310. The van der Waals surface area contributed by atoms with Crippen LogP contribution in [-0.2, 0) is 9.09 Å². The van der Waals surface area contributed by atoms with Gasteiger partial charge in [0.05, 0.1) is 11.2 Å². The van der Waals surface area contributed by atoms with Gasteiger partial charge in [-0.2, -0.15) is 5.10 Å². The summed E-state index contributed by atoms with van der Waals surface area (Å²) in [6.07, 6.45) is 3.92. The number of rotatable bonds is 8. The maximum atomic E-state index is 12.2.